The molecule has 5 heteroatoms. The Hall–Kier alpha value is -1.26. The zero-order chi connectivity index (χ0) is 17.6. The molecule has 0 aromatic heterocycles. The van der Waals surface area contributed by atoms with E-state index in [0.717, 1.165) is 50.1 Å². The second kappa shape index (κ2) is 6.48. The van der Waals surface area contributed by atoms with Crippen LogP contribution in [0.4, 0.5) is 4.79 Å². The number of carbonyl (C=O) groups is 2. The lowest BCUT2D eigenvalue weighted by Crippen LogP contribution is -2.51. The van der Waals surface area contributed by atoms with Gasteiger partial charge in [-0.3, -0.25) is 4.79 Å². The van der Waals surface area contributed by atoms with Gasteiger partial charge < -0.3 is 15.1 Å². The number of nitrogens with zero attached hydrogens (tertiary/aromatic N) is 2. The smallest absolute Gasteiger partial charge is 0.319 e. The third kappa shape index (κ3) is 3.52. The monoisotopic (exact) mass is 347 g/mol. The Bertz CT molecular complexity index is 502. The number of rotatable bonds is 3. The minimum absolute atomic E-state index is 0.0818. The summed E-state index contributed by atoms with van der Waals surface area (Å²) in [6.45, 7) is 1.50. The van der Waals surface area contributed by atoms with Gasteiger partial charge in [-0.1, -0.05) is 0 Å². The van der Waals surface area contributed by atoms with Gasteiger partial charge in [0.25, 0.3) is 0 Å². The van der Waals surface area contributed by atoms with Gasteiger partial charge in [-0.25, -0.2) is 4.79 Å². The Morgan fingerprint density at radius 2 is 1.52 bits per heavy atom. The van der Waals surface area contributed by atoms with Crippen molar-refractivity contribution in [3.63, 3.8) is 0 Å². The second-order valence-corrected chi connectivity index (χ2v) is 9.60. The summed E-state index contributed by atoms with van der Waals surface area (Å²) >= 11 is 0. The Labute approximate surface area is 151 Å². The van der Waals surface area contributed by atoms with Gasteiger partial charge in [0.15, 0.2) is 0 Å². The SMILES string of the molecule is CN(C)C(=O)N1CCC(NC(=O)CC23CC4CC(CC(C4)C2)C3)CC1. The summed E-state index contributed by atoms with van der Waals surface area (Å²) in [4.78, 5) is 28.2. The molecule has 5 fully saturated rings. The lowest BCUT2D eigenvalue weighted by molar-refractivity contribution is -0.130. The van der Waals surface area contributed by atoms with Crippen LogP contribution in [0.2, 0.25) is 0 Å². The summed E-state index contributed by atoms with van der Waals surface area (Å²) in [6.07, 6.45) is 10.7. The lowest BCUT2D eigenvalue weighted by Gasteiger charge is -2.56. The van der Waals surface area contributed by atoms with Crippen molar-refractivity contribution in [3.05, 3.63) is 0 Å². The van der Waals surface area contributed by atoms with Crippen LogP contribution in [0.3, 0.4) is 0 Å². The van der Waals surface area contributed by atoms with Crippen LogP contribution in [0.15, 0.2) is 0 Å². The third-order valence-electron chi connectivity index (χ3n) is 7.21. The Balaban J connectivity index is 1.27. The van der Waals surface area contributed by atoms with Gasteiger partial charge in [-0.05, 0) is 74.5 Å². The maximum absolute atomic E-state index is 12.7. The van der Waals surface area contributed by atoms with Crippen LogP contribution in [-0.4, -0.2) is 55.0 Å². The highest BCUT2D eigenvalue weighted by Crippen LogP contribution is 2.61. The minimum Gasteiger partial charge on any atom is -0.353 e. The summed E-state index contributed by atoms with van der Waals surface area (Å²) in [5.74, 6) is 2.97. The van der Waals surface area contributed by atoms with E-state index >= 15 is 0 Å². The fourth-order valence-corrected chi connectivity index (χ4v) is 6.62. The Morgan fingerprint density at radius 3 is 2.00 bits per heavy atom. The first-order valence-electron chi connectivity index (χ1n) is 10.2. The molecule has 0 atom stereocenters. The lowest BCUT2D eigenvalue weighted by atomic mass is 9.49. The summed E-state index contributed by atoms with van der Waals surface area (Å²) in [7, 11) is 3.59. The second-order valence-electron chi connectivity index (χ2n) is 9.60. The fourth-order valence-electron chi connectivity index (χ4n) is 6.62. The van der Waals surface area contributed by atoms with Crippen LogP contribution < -0.4 is 5.32 Å². The molecule has 3 amide bonds. The van der Waals surface area contributed by atoms with Gasteiger partial charge in [0.2, 0.25) is 5.91 Å². The molecule has 140 valence electrons. The van der Waals surface area contributed by atoms with Crippen LogP contribution in [-0.2, 0) is 4.79 Å². The van der Waals surface area contributed by atoms with E-state index in [1.54, 1.807) is 19.0 Å². The zero-order valence-corrected chi connectivity index (χ0v) is 15.8. The molecular weight excluding hydrogens is 314 g/mol. The van der Waals surface area contributed by atoms with Crippen molar-refractivity contribution < 1.29 is 9.59 Å². The van der Waals surface area contributed by atoms with Crippen molar-refractivity contribution in [2.24, 2.45) is 23.2 Å². The molecule has 0 unspecified atom stereocenters. The predicted molar refractivity (Wildman–Crippen MR) is 97.0 cm³/mol. The Kier molecular flexibility index (Phi) is 4.45. The highest BCUT2D eigenvalue weighted by atomic mass is 16.2. The van der Waals surface area contributed by atoms with Crippen molar-refractivity contribution in [2.75, 3.05) is 27.2 Å². The number of carbonyl (C=O) groups excluding carboxylic acids is 2. The number of urea groups is 1. The molecule has 0 aromatic carbocycles. The summed E-state index contributed by atoms with van der Waals surface area (Å²) in [6, 6.07) is 0.325. The van der Waals surface area contributed by atoms with Gasteiger partial charge in [-0.2, -0.15) is 0 Å². The molecule has 25 heavy (non-hydrogen) atoms. The van der Waals surface area contributed by atoms with E-state index in [4.69, 9.17) is 0 Å². The fraction of sp³-hybridized carbons (Fsp3) is 0.900. The first-order valence-corrected chi connectivity index (χ1v) is 10.2. The molecule has 0 aromatic rings. The molecule has 0 radical (unpaired) electrons. The molecule has 1 N–H and O–H groups in total. The van der Waals surface area contributed by atoms with Gasteiger partial charge in [0.05, 0.1) is 0 Å². The minimum atomic E-state index is 0.0818. The summed E-state index contributed by atoms with van der Waals surface area (Å²) in [5, 5.41) is 3.29. The van der Waals surface area contributed by atoms with E-state index in [-0.39, 0.29) is 18.0 Å². The molecule has 0 spiro atoms. The van der Waals surface area contributed by atoms with Crippen molar-refractivity contribution >= 4 is 11.9 Å². The first kappa shape index (κ1) is 17.2. The highest BCUT2D eigenvalue weighted by Gasteiger charge is 2.51. The molecule has 4 saturated carbocycles. The molecule has 5 rings (SSSR count). The van der Waals surface area contributed by atoms with Gasteiger partial charge in [-0.15, -0.1) is 0 Å². The van der Waals surface area contributed by atoms with Crippen molar-refractivity contribution in [1.29, 1.82) is 0 Å². The van der Waals surface area contributed by atoms with Crippen molar-refractivity contribution in [1.82, 2.24) is 15.1 Å². The largest absolute Gasteiger partial charge is 0.353 e. The van der Waals surface area contributed by atoms with E-state index in [1.807, 2.05) is 4.90 Å². The van der Waals surface area contributed by atoms with E-state index in [0.29, 0.717) is 5.41 Å². The van der Waals surface area contributed by atoms with Gasteiger partial charge in [0, 0.05) is 39.6 Å². The van der Waals surface area contributed by atoms with Crippen molar-refractivity contribution in [3.8, 4) is 0 Å². The van der Waals surface area contributed by atoms with Gasteiger partial charge in [0.1, 0.15) is 0 Å². The average molecular weight is 348 g/mol. The number of hydrogen-bond acceptors (Lipinski definition) is 2. The van der Waals surface area contributed by atoms with E-state index < -0.39 is 0 Å². The number of nitrogens with one attached hydrogen (secondary N) is 1. The maximum Gasteiger partial charge on any atom is 0.319 e. The third-order valence-corrected chi connectivity index (χ3v) is 7.21. The highest BCUT2D eigenvalue weighted by molar-refractivity contribution is 5.77. The molecule has 4 aliphatic carbocycles. The first-order chi connectivity index (χ1) is 11.9. The maximum atomic E-state index is 12.7. The number of amides is 3. The molecule has 5 nitrogen and oxygen atoms in total. The van der Waals surface area contributed by atoms with E-state index in [1.165, 1.54) is 38.5 Å². The van der Waals surface area contributed by atoms with Crippen LogP contribution in [0.1, 0.15) is 57.8 Å². The summed E-state index contributed by atoms with van der Waals surface area (Å²) < 4.78 is 0. The topological polar surface area (TPSA) is 52.7 Å². The normalized spacial score (nSPS) is 37.2. The number of likely N-dealkylation sites (tertiary alicyclic amines) is 1. The van der Waals surface area contributed by atoms with Crippen LogP contribution in [0.5, 0.6) is 0 Å². The molecule has 1 saturated heterocycles. The number of hydrogen-bond donors (Lipinski definition) is 1. The van der Waals surface area contributed by atoms with Crippen LogP contribution in [0.25, 0.3) is 0 Å². The predicted octanol–water partition coefficient (Wildman–Crippen LogP) is 2.86. The average Bonchev–Trinajstić information content (AvgIpc) is 2.52. The molecule has 1 aliphatic heterocycles. The van der Waals surface area contributed by atoms with Gasteiger partial charge >= 0.3 is 6.03 Å². The van der Waals surface area contributed by atoms with E-state index in [9.17, 15) is 9.59 Å². The van der Waals surface area contributed by atoms with Crippen LogP contribution in [0, 0.1) is 23.2 Å². The van der Waals surface area contributed by atoms with E-state index in [2.05, 4.69) is 5.32 Å². The molecular formula is C20H33N3O2. The quantitative estimate of drug-likeness (QED) is 0.853. The Morgan fingerprint density at radius 1 is 1.00 bits per heavy atom. The molecule has 5 aliphatic rings. The van der Waals surface area contributed by atoms with Crippen LogP contribution >= 0.6 is 0 Å². The molecule has 1 heterocycles. The zero-order valence-electron chi connectivity index (χ0n) is 15.8. The molecule has 4 bridgehead atoms. The standard InChI is InChI=1S/C20H33N3O2/c1-22(2)19(25)23-5-3-17(4-6-23)21-18(24)13-20-10-14-7-15(11-20)9-16(8-14)12-20/h14-17H,3-13H2,1-2H3,(H,21,24). The summed E-state index contributed by atoms with van der Waals surface area (Å²) in [5.41, 5.74) is 0.320. The number of piperidine rings is 1. The van der Waals surface area contributed by atoms with Crippen molar-refractivity contribution in [2.45, 2.75) is 63.8 Å².